The van der Waals surface area contributed by atoms with Crippen molar-refractivity contribution >= 4 is 28.7 Å². The van der Waals surface area contributed by atoms with E-state index < -0.39 is 5.97 Å². The number of nitrogens with zero attached hydrogens (tertiary/aromatic N) is 3. The van der Waals surface area contributed by atoms with E-state index in [4.69, 9.17) is 4.74 Å². The predicted molar refractivity (Wildman–Crippen MR) is 124 cm³/mol. The van der Waals surface area contributed by atoms with E-state index in [0.717, 1.165) is 17.1 Å². The third kappa shape index (κ3) is 6.41. The van der Waals surface area contributed by atoms with Gasteiger partial charge in [0.15, 0.2) is 5.71 Å². The Labute approximate surface area is 178 Å². The van der Waals surface area contributed by atoms with Gasteiger partial charge in [-0.05, 0) is 43.3 Å². The summed E-state index contributed by atoms with van der Waals surface area (Å²) in [4.78, 5) is 14.2. The van der Waals surface area contributed by atoms with Crippen LogP contribution in [-0.4, -0.2) is 44.3 Å². The Morgan fingerprint density at radius 1 is 1.10 bits per heavy atom. The molecule has 0 bridgehead atoms. The minimum atomic E-state index is -0.526. The molecule has 2 N–H and O–H groups in total. The van der Waals surface area contributed by atoms with Crippen LogP contribution in [0.3, 0.4) is 0 Å². The lowest BCUT2D eigenvalue weighted by Gasteiger charge is -2.21. The van der Waals surface area contributed by atoms with Crippen molar-refractivity contribution in [3.63, 3.8) is 0 Å². The Kier molecular flexibility index (Phi) is 8.50. The van der Waals surface area contributed by atoms with Crippen molar-refractivity contribution in [2.75, 3.05) is 38.1 Å². The van der Waals surface area contributed by atoms with Crippen molar-refractivity contribution < 1.29 is 9.53 Å². The highest BCUT2D eigenvalue weighted by Crippen LogP contribution is 2.21. The lowest BCUT2D eigenvalue weighted by Crippen LogP contribution is -2.29. The van der Waals surface area contributed by atoms with Crippen molar-refractivity contribution in [2.24, 2.45) is 5.10 Å². The van der Waals surface area contributed by atoms with Crippen molar-refractivity contribution in [3.05, 3.63) is 79.3 Å². The second-order valence-electron chi connectivity index (χ2n) is 6.39. The first-order chi connectivity index (χ1) is 14.5. The molecule has 0 aliphatic carbocycles. The van der Waals surface area contributed by atoms with Gasteiger partial charge in [-0.3, -0.25) is 5.01 Å². The number of hydrazone groups is 1. The molecule has 0 saturated carbocycles. The molecule has 0 fully saturated rings. The van der Waals surface area contributed by atoms with Crippen LogP contribution in [0.15, 0.2) is 84.4 Å². The zero-order valence-electron chi connectivity index (χ0n) is 17.9. The van der Waals surface area contributed by atoms with Gasteiger partial charge >= 0.3 is 5.97 Å². The Morgan fingerprint density at radius 2 is 1.73 bits per heavy atom. The molecule has 0 radical (unpaired) electrons. The Hall–Kier alpha value is -3.74. The largest absolute Gasteiger partial charge is 0.461 e. The van der Waals surface area contributed by atoms with Gasteiger partial charge in [-0.1, -0.05) is 24.8 Å². The standard InChI is InChI=1S/C23H29N5O2/c1-6-30-23(29)22(18(2)27(4)17-16-24-3)26-28(5)21-14-12-20(13-15-21)25-19-10-8-7-9-11-19/h7-17,24-25H,2,6H2,1,3-5H3/b17-16-,26-22-. The van der Waals surface area contributed by atoms with Crippen LogP contribution >= 0.6 is 0 Å². The van der Waals surface area contributed by atoms with E-state index in [1.54, 1.807) is 50.4 Å². The molecule has 2 aromatic carbocycles. The molecule has 0 aliphatic heterocycles. The van der Waals surface area contributed by atoms with E-state index in [9.17, 15) is 4.79 Å². The van der Waals surface area contributed by atoms with Crippen molar-refractivity contribution in [3.8, 4) is 0 Å². The summed E-state index contributed by atoms with van der Waals surface area (Å²) in [7, 11) is 5.35. The summed E-state index contributed by atoms with van der Waals surface area (Å²) < 4.78 is 5.17. The molecule has 0 atom stereocenters. The number of carbonyl (C=O) groups excluding carboxylic acids is 1. The van der Waals surface area contributed by atoms with E-state index in [2.05, 4.69) is 22.3 Å². The number of rotatable bonds is 10. The monoisotopic (exact) mass is 407 g/mol. The predicted octanol–water partition coefficient (Wildman–Crippen LogP) is 3.92. The SMILES string of the molecule is C=C(/C(=N/N(C)c1ccc(Nc2ccccc2)cc1)C(=O)OCC)N(C)/C=C\NC. The van der Waals surface area contributed by atoms with Gasteiger partial charge in [0.25, 0.3) is 0 Å². The van der Waals surface area contributed by atoms with Gasteiger partial charge in [-0.2, -0.15) is 5.10 Å². The van der Waals surface area contributed by atoms with E-state index in [0.29, 0.717) is 5.70 Å². The Balaban J connectivity index is 2.21. The van der Waals surface area contributed by atoms with E-state index in [-0.39, 0.29) is 12.3 Å². The molecule has 30 heavy (non-hydrogen) atoms. The molecule has 7 heteroatoms. The van der Waals surface area contributed by atoms with Gasteiger partial charge in [0, 0.05) is 44.9 Å². The summed E-state index contributed by atoms with van der Waals surface area (Å²) >= 11 is 0. The summed E-state index contributed by atoms with van der Waals surface area (Å²) in [5, 5.41) is 12.3. The number of anilines is 3. The summed E-state index contributed by atoms with van der Waals surface area (Å²) in [6, 6.07) is 17.7. The maximum Gasteiger partial charge on any atom is 0.360 e. The highest BCUT2D eigenvalue weighted by atomic mass is 16.5. The number of esters is 1. The fourth-order valence-electron chi connectivity index (χ4n) is 2.52. The normalized spacial score (nSPS) is 11.1. The van der Waals surface area contributed by atoms with E-state index >= 15 is 0 Å². The Bertz CT molecular complexity index is 892. The first-order valence-electron chi connectivity index (χ1n) is 9.64. The molecule has 0 heterocycles. The van der Waals surface area contributed by atoms with Crippen molar-refractivity contribution in [1.29, 1.82) is 0 Å². The quantitative estimate of drug-likeness (QED) is 0.353. The van der Waals surface area contributed by atoms with Crippen LogP contribution < -0.4 is 15.6 Å². The number of hydrogen-bond acceptors (Lipinski definition) is 7. The summed E-state index contributed by atoms with van der Waals surface area (Å²) in [5.41, 5.74) is 3.34. The average molecular weight is 408 g/mol. The topological polar surface area (TPSA) is 69.2 Å². The minimum absolute atomic E-state index is 0.133. The first-order valence-corrected chi connectivity index (χ1v) is 9.64. The fraction of sp³-hybridized carbons (Fsp3) is 0.217. The zero-order chi connectivity index (χ0) is 21.9. The maximum atomic E-state index is 12.5. The highest BCUT2D eigenvalue weighted by Gasteiger charge is 2.20. The smallest absolute Gasteiger partial charge is 0.360 e. The molecule has 0 aromatic heterocycles. The van der Waals surface area contributed by atoms with E-state index in [1.807, 2.05) is 54.6 Å². The van der Waals surface area contributed by atoms with Crippen LogP contribution in [0, 0.1) is 0 Å². The molecular formula is C23H29N5O2. The second-order valence-corrected chi connectivity index (χ2v) is 6.39. The molecule has 0 saturated heterocycles. The van der Waals surface area contributed by atoms with Crippen LogP contribution in [0.5, 0.6) is 0 Å². The highest BCUT2D eigenvalue weighted by molar-refractivity contribution is 6.43. The van der Waals surface area contributed by atoms with Crippen molar-refractivity contribution in [1.82, 2.24) is 10.2 Å². The minimum Gasteiger partial charge on any atom is -0.461 e. The lowest BCUT2D eigenvalue weighted by atomic mass is 10.2. The third-order valence-corrected chi connectivity index (χ3v) is 4.19. The van der Waals surface area contributed by atoms with Crippen LogP contribution in [0.1, 0.15) is 6.92 Å². The van der Waals surface area contributed by atoms with Crippen LogP contribution in [0.2, 0.25) is 0 Å². The van der Waals surface area contributed by atoms with Gasteiger partial charge in [0.05, 0.1) is 18.0 Å². The summed E-state index contributed by atoms with van der Waals surface area (Å²) in [6.07, 6.45) is 3.48. The lowest BCUT2D eigenvalue weighted by molar-refractivity contribution is -0.135. The number of benzene rings is 2. The van der Waals surface area contributed by atoms with E-state index in [1.165, 1.54) is 0 Å². The van der Waals surface area contributed by atoms with Crippen LogP contribution in [-0.2, 0) is 9.53 Å². The van der Waals surface area contributed by atoms with Gasteiger partial charge < -0.3 is 20.3 Å². The third-order valence-electron chi connectivity index (χ3n) is 4.19. The molecule has 158 valence electrons. The molecule has 0 aliphatic rings. The molecule has 7 nitrogen and oxygen atoms in total. The average Bonchev–Trinajstić information content (AvgIpc) is 2.76. The molecule has 2 rings (SSSR count). The number of nitrogens with one attached hydrogen (secondary N) is 2. The Morgan fingerprint density at radius 3 is 2.33 bits per heavy atom. The van der Waals surface area contributed by atoms with Crippen LogP contribution in [0.25, 0.3) is 0 Å². The second kappa shape index (κ2) is 11.3. The summed E-state index contributed by atoms with van der Waals surface area (Å²) in [6.45, 7) is 6.01. The van der Waals surface area contributed by atoms with Gasteiger partial charge in [0.2, 0.25) is 0 Å². The fourth-order valence-corrected chi connectivity index (χ4v) is 2.52. The van der Waals surface area contributed by atoms with Crippen LogP contribution in [0.4, 0.5) is 17.1 Å². The molecule has 2 aromatic rings. The number of para-hydroxylation sites is 1. The molecule has 0 spiro atoms. The van der Waals surface area contributed by atoms with Gasteiger partial charge in [0.1, 0.15) is 0 Å². The number of ether oxygens (including phenoxy) is 1. The zero-order valence-corrected chi connectivity index (χ0v) is 17.9. The molecular weight excluding hydrogens is 378 g/mol. The molecule has 0 amide bonds. The van der Waals surface area contributed by atoms with Gasteiger partial charge in [-0.15, -0.1) is 0 Å². The number of carbonyl (C=O) groups is 1. The molecule has 0 unspecified atom stereocenters. The number of hydrogen-bond donors (Lipinski definition) is 2. The summed E-state index contributed by atoms with van der Waals surface area (Å²) in [5.74, 6) is -0.526. The first kappa shape index (κ1) is 22.5. The van der Waals surface area contributed by atoms with Crippen molar-refractivity contribution in [2.45, 2.75) is 6.92 Å². The maximum absolute atomic E-state index is 12.5. The van der Waals surface area contributed by atoms with Gasteiger partial charge in [-0.25, -0.2) is 4.79 Å².